The molecule has 1 N–H and O–H groups in total. The minimum absolute atomic E-state index is 0.0579. The third-order valence-electron chi connectivity index (χ3n) is 4.24. The van der Waals surface area contributed by atoms with Crippen LogP contribution in [-0.2, 0) is 4.79 Å². The minimum atomic E-state index is -0.283. The van der Waals surface area contributed by atoms with E-state index in [-0.39, 0.29) is 11.2 Å². The summed E-state index contributed by atoms with van der Waals surface area (Å²) in [7, 11) is 0. The molecule has 1 aromatic heterocycles. The Balaban J connectivity index is 1.57. The quantitative estimate of drug-likeness (QED) is 0.759. The molecule has 0 radical (unpaired) electrons. The number of nitrogens with zero attached hydrogens (tertiary/aromatic N) is 2. The van der Waals surface area contributed by atoms with E-state index in [1.54, 1.807) is 18.3 Å². The van der Waals surface area contributed by atoms with Gasteiger partial charge in [0.15, 0.2) is 0 Å². The van der Waals surface area contributed by atoms with Crippen molar-refractivity contribution in [2.75, 3.05) is 23.3 Å². The van der Waals surface area contributed by atoms with Gasteiger partial charge >= 0.3 is 0 Å². The van der Waals surface area contributed by atoms with Gasteiger partial charge in [0.05, 0.1) is 10.3 Å². The molecule has 1 saturated heterocycles. The number of hydrogen-bond donors (Lipinski definition) is 1. The summed E-state index contributed by atoms with van der Waals surface area (Å²) in [6, 6.07) is 11.6. The van der Waals surface area contributed by atoms with Crippen LogP contribution in [0.15, 0.2) is 47.6 Å². The lowest BCUT2D eigenvalue weighted by Crippen LogP contribution is -2.29. The van der Waals surface area contributed by atoms with E-state index in [1.165, 1.54) is 36.7 Å². The Bertz CT molecular complexity index is 717. The Morgan fingerprint density at radius 1 is 1.20 bits per heavy atom. The van der Waals surface area contributed by atoms with Gasteiger partial charge in [0.25, 0.3) is 0 Å². The maximum atomic E-state index is 12.4. The van der Waals surface area contributed by atoms with Gasteiger partial charge in [-0.1, -0.05) is 23.4 Å². The predicted molar refractivity (Wildman–Crippen MR) is 106 cm³/mol. The zero-order chi connectivity index (χ0) is 17.6. The first-order valence-corrected chi connectivity index (χ1v) is 9.82. The van der Waals surface area contributed by atoms with Crippen LogP contribution in [0.3, 0.4) is 0 Å². The average Bonchev–Trinajstić information content (AvgIpc) is 2.65. The van der Waals surface area contributed by atoms with Gasteiger partial charge < -0.3 is 10.2 Å². The molecule has 0 spiro atoms. The van der Waals surface area contributed by atoms with Crippen molar-refractivity contribution >= 4 is 40.6 Å². The number of rotatable bonds is 5. The Kier molecular flexibility index (Phi) is 6.21. The standard InChI is InChI=1S/C19H22ClN3OS/c1-14(25-19-17(20)6-5-11-21-19)18(24)22-15-7-9-16(10-8-15)23-12-3-2-4-13-23/h5-11,14H,2-4,12-13H2,1H3,(H,22,24). The predicted octanol–water partition coefficient (Wildman–Crippen LogP) is 4.84. The van der Waals surface area contributed by atoms with Gasteiger partial charge in [-0.25, -0.2) is 4.98 Å². The van der Waals surface area contributed by atoms with Crippen LogP contribution in [0.1, 0.15) is 26.2 Å². The number of halogens is 1. The van der Waals surface area contributed by atoms with Crippen LogP contribution in [0.4, 0.5) is 11.4 Å². The molecule has 1 amide bonds. The van der Waals surface area contributed by atoms with Crippen LogP contribution >= 0.6 is 23.4 Å². The van der Waals surface area contributed by atoms with Crippen molar-refractivity contribution in [3.63, 3.8) is 0 Å². The van der Waals surface area contributed by atoms with Crippen molar-refractivity contribution in [1.82, 2.24) is 4.98 Å². The number of carbonyl (C=O) groups excluding carboxylic acids is 1. The molecule has 1 aliphatic heterocycles. The number of hydrogen-bond acceptors (Lipinski definition) is 4. The molecule has 3 rings (SSSR count). The number of anilines is 2. The van der Waals surface area contributed by atoms with Gasteiger partial charge in [-0.3, -0.25) is 4.79 Å². The Morgan fingerprint density at radius 2 is 1.92 bits per heavy atom. The molecule has 1 aromatic carbocycles. The lowest BCUT2D eigenvalue weighted by atomic mass is 10.1. The SMILES string of the molecule is CC(Sc1ncccc1Cl)C(=O)Nc1ccc(N2CCCCC2)cc1. The van der Waals surface area contributed by atoms with E-state index in [0.29, 0.717) is 10.0 Å². The van der Waals surface area contributed by atoms with E-state index >= 15 is 0 Å². The molecular weight excluding hydrogens is 354 g/mol. The Morgan fingerprint density at radius 3 is 2.60 bits per heavy atom. The van der Waals surface area contributed by atoms with Crippen molar-refractivity contribution < 1.29 is 4.79 Å². The van der Waals surface area contributed by atoms with Crippen LogP contribution < -0.4 is 10.2 Å². The number of benzene rings is 1. The molecule has 1 fully saturated rings. The highest BCUT2D eigenvalue weighted by Gasteiger charge is 2.17. The second kappa shape index (κ2) is 8.59. The highest BCUT2D eigenvalue weighted by molar-refractivity contribution is 8.00. The van der Waals surface area contributed by atoms with E-state index in [4.69, 9.17) is 11.6 Å². The molecule has 1 aliphatic rings. The lowest BCUT2D eigenvalue weighted by Gasteiger charge is -2.28. The second-order valence-corrected chi connectivity index (χ2v) is 7.87. The van der Waals surface area contributed by atoms with E-state index in [1.807, 2.05) is 19.1 Å². The summed E-state index contributed by atoms with van der Waals surface area (Å²) in [5.41, 5.74) is 2.03. The van der Waals surface area contributed by atoms with Gasteiger partial charge in [-0.05, 0) is 62.6 Å². The van der Waals surface area contributed by atoms with Crippen molar-refractivity contribution in [2.24, 2.45) is 0 Å². The molecule has 0 saturated carbocycles. The first-order chi connectivity index (χ1) is 12.1. The number of thioether (sulfide) groups is 1. The van der Waals surface area contributed by atoms with Crippen molar-refractivity contribution in [3.05, 3.63) is 47.6 Å². The molecule has 25 heavy (non-hydrogen) atoms. The summed E-state index contributed by atoms with van der Waals surface area (Å²) in [6.07, 6.45) is 5.51. The van der Waals surface area contributed by atoms with Crippen LogP contribution in [-0.4, -0.2) is 29.2 Å². The van der Waals surface area contributed by atoms with Crippen molar-refractivity contribution in [3.8, 4) is 0 Å². The summed E-state index contributed by atoms with van der Waals surface area (Å²) in [5.74, 6) is -0.0579. The first kappa shape index (κ1) is 18.1. The fourth-order valence-corrected chi connectivity index (χ4v) is 3.89. The van der Waals surface area contributed by atoms with E-state index in [2.05, 4.69) is 27.3 Å². The van der Waals surface area contributed by atoms with E-state index in [9.17, 15) is 4.79 Å². The van der Waals surface area contributed by atoms with Gasteiger partial charge in [0.2, 0.25) is 5.91 Å². The number of nitrogens with one attached hydrogen (secondary N) is 1. The Hall–Kier alpha value is -1.72. The molecule has 1 unspecified atom stereocenters. The smallest absolute Gasteiger partial charge is 0.237 e. The van der Waals surface area contributed by atoms with Gasteiger partial charge in [0, 0.05) is 30.7 Å². The molecule has 0 aliphatic carbocycles. The minimum Gasteiger partial charge on any atom is -0.372 e. The summed E-state index contributed by atoms with van der Waals surface area (Å²) in [5, 5.41) is 3.92. The first-order valence-electron chi connectivity index (χ1n) is 8.56. The van der Waals surface area contributed by atoms with Crippen LogP contribution in [0.2, 0.25) is 5.02 Å². The van der Waals surface area contributed by atoms with Gasteiger partial charge in [-0.15, -0.1) is 0 Å². The van der Waals surface area contributed by atoms with E-state index < -0.39 is 0 Å². The number of piperidine rings is 1. The highest BCUT2D eigenvalue weighted by Crippen LogP contribution is 2.28. The van der Waals surface area contributed by atoms with Crippen LogP contribution in [0.5, 0.6) is 0 Å². The van der Waals surface area contributed by atoms with Crippen LogP contribution in [0.25, 0.3) is 0 Å². The third-order valence-corrected chi connectivity index (χ3v) is 5.77. The average molecular weight is 376 g/mol. The molecule has 4 nitrogen and oxygen atoms in total. The number of amides is 1. The summed E-state index contributed by atoms with van der Waals surface area (Å²) >= 11 is 7.46. The summed E-state index contributed by atoms with van der Waals surface area (Å²) in [6.45, 7) is 4.08. The molecular formula is C19H22ClN3OS. The van der Waals surface area contributed by atoms with Crippen molar-refractivity contribution in [2.45, 2.75) is 36.5 Å². The molecule has 2 heterocycles. The van der Waals surface area contributed by atoms with Crippen molar-refractivity contribution in [1.29, 1.82) is 0 Å². The second-order valence-electron chi connectivity index (χ2n) is 6.13. The molecule has 6 heteroatoms. The van der Waals surface area contributed by atoms with E-state index in [0.717, 1.165) is 18.8 Å². The van der Waals surface area contributed by atoms with Gasteiger partial charge in [-0.2, -0.15) is 0 Å². The highest BCUT2D eigenvalue weighted by atomic mass is 35.5. The largest absolute Gasteiger partial charge is 0.372 e. The molecule has 132 valence electrons. The number of carbonyl (C=O) groups is 1. The lowest BCUT2D eigenvalue weighted by molar-refractivity contribution is -0.115. The summed E-state index contributed by atoms with van der Waals surface area (Å²) < 4.78 is 0. The Labute approximate surface area is 158 Å². The zero-order valence-electron chi connectivity index (χ0n) is 14.2. The monoisotopic (exact) mass is 375 g/mol. The normalized spacial score (nSPS) is 15.7. The zero-order valence-corrected chi connectivity index (χ0v) is 15.8. The molecule has 0 bridgehead atoms. The topological polar surface area (TPSA) is 45.2 Å². The number of pyridine rings is 1. The molecule has 1 atom stereocenters. The molecule has 2 aromatic rings. The fourth-order valence-electron chi connectivity index (χ4n) is 2.83. The maximum absolute atomic E-state index is 12.4. The maximum Gasteiger partial charge on any atom is 0.237 e. The third kappa shape index (κ3) is 4.89. The number of aromatic nitrogens is 1. The fraction of sp³-hybridized carbons (Fsp3) is 0.368. The van der Waals surface area contributed by atoms with Crippen LogP contribution in [0, 0.1) is 0 Å². The van der Waals surface area contributed by atoms with Gasteiger partial charge in [0.1, 0.15) is 5.03 Å². The summed E-state index contributed by atoms with van der Waals surface area (Å²) in [4.78, 5) is 19.0.